The molecule has 0 unspecified atom stereocenters. The Morgan fingerprint density at radius 3 is 2.43 bits per heavy atom. The highest BCUT2D eigenvalue weighted by atomic mass is 16.5. The van der Waals surface area contributed by atoms with E-state index < -0.39 is 31.0 Å². The normalized spacial score (nSPS) is 15.7. The number of nitrogens with zero attached hydrogens (tertiary/aromatic N) is 1. The van der Waals surface area contributed by atoms with Gasteiger partial charge in [0.2, 0.25) is 5.91 Å². The average Bonchev–Trinajstić information content (AvgIpc) is 2.54. The van der Waals surface area contributed by atoms with Gasteiger partial charge in [0, 0.05) is 0 Å². The number of hydrogen-bond donors (Lipinski definition) is 5. The number of aryl methyl sites for hydroxylation is 1. The summed E-state index contributed by atoms with van der Waals surface area (Å²) in [5, 5.41) is 37.6. The monoisotopic (exact) mass is 394 g/mol. The molecule has 1 amide bonds. The second-order valence-electron chi connectivity index (χ2n) is 8.10. The number of carbonyl (C=O) groups is 2. The number of carboxylic acids is 1. The highest BCUT2D eigenvalue weighted by Crippen LogP contribution is 2.34. The average molecular weight is 394 g/mol. The summed E-state index contributed by atoms with van der Waals surface area (Å²) in [4.78, 5) is 25.5. The molecular formula is C18H27BN2O7. The van der Waals surface area contributed by atoms with Gasteiger partial charge in [-0.15, -0.1) is 0 Å². The Bertz CT molecular complexity index is 742. The lowest BCUT2D eigenvalue weighted by atomic mass is 9.82. The molecule has 0 spiro atoms. The van der Waals surface area contributed by atoms with Crippen LogP contribution in [0.15, 0.2) is 12.1 Å². The van der Waals surface area contributed by atoms with Gasteiger partial charge in [-0.2, -0.15) is 0 Å². The van der Waals surface area contributed by atoms with E-state index in [1.807, 2.05) is 20.8 Å². The molecule has 6 N–H and O–H groups in total. The van der Waals surface area contributed by atoms with Crippen LogP contribution in [-0.2, 0) is 11.2 Å². The molecule has 10 heteroatoms. The van der Waals surface area contributed by atoms with Gasteiger partial charge in [0.25, 0.3) is 0 Å². The van der Waals surface area contributed by atoms with E-state index in [0.717, 1.165) is 0 Å². The fourth-order valence-electron chi connectivity index (χ4n) is 2.85. The lowest BCUT2D eigenvalue weighted by molar-refractivity contribution is -0.143. The third-order valence-electron chi connectivity index (χ3n) is 4.76. The minimum atomic E-state index is -1.55. The van der Waals surface area contributed by atoms with E-state index in [1.165, 1.54) is 12.1 Å². The Balaban J connectivity index is 2.06. The molecule has 0 bridgehead atoms. The molecule has 1 saturated heterocycles. The number of amides is 1. The first-order chi connectivity index (χ1) is 12.9. The van der Waals surface area contributed by atoms with Crippen molar-refractivity contribution >= 4 is 19.0 Å². The number of nitrogens with two attached hydrogens (primary N) is 1. The van der Waals surface area contributed by atoms with Crippen molar-refractivity contribution < 1.29 is 34.6 Å². The molecular weight excluding hydrogens is 367 g/mol. The largest absolute Gasteiger partial charge is 0.507 e. The molecule has 1 atom stereocenters. The summed E-state index contributed by atoms with van der Waals surface area (Å²) >= 11 is 0. The zero-order valence-corrected chi connectivity index (χ0v) is 16.3. The van der Waals surface area contributed by atoms with Crippen molar-refractivity contribution in [1.82, 2.24) is 4.90 Å². The molecule has 1 aliphatic rings. The first kappa shape index (κ1) is 22.0. The standard InChI is InChI=1S/C18H27BN2O7/c1-18(2,3)15(20)16(23)21-8-11(9-21)28-12-5-4-10(6-7-19(26)27)14(22)13(12)17(24)25/h4-5,11,15,22,26-27H,6-9,20H2,1-3H3,(H,24,25)/t15-/m0/s1. The second-order valence-corrected chi connectivity index (χ2v) is 8.10. The van der Waals surface area contributed by atoms with Crippen LogP contribution in [0, 0.1) is 5.41 Å². The Morgan fingerprint density at radius 1 is 1.32 bits per heavy atom. The molecule has 0 aromatic heterocycles. The summed E-state index contributed by atoms with van der Waals surface area (Å²) in [6.07, 6.45) is -0.347. The summed E-state index contributed by atoms with van der Waals surface area (Å²) in [6.45, 7) is 6.19. The Kier molecular flexibility index (Phi) is 6.58. The van der Waals surface area contributed by atoms with Crippen molar-refractivity contribution in [2.45, 2.75) is 45.7 Å². The maximum absolute atomic E-state index is 12.3. The van der Waals surface area contributed by atoms with Crippen LogP contribution < -0.4 is 10.5 Å². The third kappa shape index (κ3) is 4.95. The van der Waals surface area contributed by atoms with Gasteiger partial charge in [0.05, 0.1) is 19.1 Å². The lowest BCUT2D eigenvalue weighted by Gasteiger charge is -2.42. The lowest BCUT2D eigenvalue weighted by Crippen LogP contribution is -2.61. The van der Waals surface area contributed by atoms with Crippen LogP contribution in [0.1, 0.15) is 36.7 Å². The second kappa shape index (κ2) is 8.38. The van der Waals surface area contributed by atoms with Gasteiger partial charge in [-0.05, 0) is 29.8 Å². The molecule has 154 valence electrons. The molecule has 1 aromatic rings. The zero-order chi connectivity index (χ0) is 21.2. The molecule has 9 nitrogen and oxygen atoms in total. The molecule has 0 radical (unpaired) electrons. The maximum Gasteiger partial charge on any atom is 0.451 e. The van der Waals surface area contributed by atoms with E-state index in [9.17, 15) is 19.8 Å². The van der Waals surface area contributed by atoms with Crippen molar-refractivity contribution in [3.8, 4) is 11.5 Å². The number of phenols is 1. The van der Waals surface area contributed by atoms with Gasteiger partial charge >= 0.3 is 13.1 Å². The molecule has 0 aliphatic carbocycles. The number of likely N-dealkylation sites (tertiary alicyclic amines) is 1. The molecule has 1 fully saturated rings. The highest BCUT2D eigenvalue weighted by Gasteiger charge is 2.39. The Hall–Kier alpha value is -2.30. The van der Waals surface area contributed by atoms with Gasteiger partial charge in [-0.25, -0.2) is 4.79 Å². The number of hydrogen-bond acceptors (Lipinski definition) is 7. The Morgan fingerprint density at radius 2 is 1.93 bits per heavy atom. The fourth-order valence-corrected chi connectivity index (χ4v) is 2.85. The third-order valence-corrected chi connectivity index (χ3v) is 4.76. The van der Waals surface area contributed by atoms with Gasteiger partial charge in [0.15, 0.2) is 0 Å². The quantitative estimate of drug-likeness (QED) is 0.407. The number of aromatic carboxylic acids is 1. The van der Waals surface area contributed by atoms with Crippen LogP contribution in [-0.4, -0.2) is 69.4 Å². The number of ether oxygens (including phenoxy) is 1. The van der Waals surface area contributed by atoms with Crippen LogP contribution in [0.5, 0.6) is 11.5 Å². The van der Waals surface area contributed by atoms with E-state index in [2.05, 4.69) is 0 Å². The summed E-state index contributed by atoms with van der Waals surface area (Å²) in [7, 11) is -1.55. The maximum atomic E-state index is 12.3. The van der Waals surface area contributed by atoms with Crippen LogP contribution in [0.25, 0.3) is 0 Å². The van der Waals surface area contributed by atoms with Crippen molar-refractivity contribution in [2.75, 3.05) is 13.1 Å². The SMILES string of the molecule is CC(C)(C)[C@@H](N)C(=O)N1CC(Oc2ccc(CCB(O)O)c(O)c2C(=O)O)C1. The van der Waals surface area contributed by atoms with Gasteiger partial charge in [-0.3, -0.25) is 4.79 Å². The molecule has 1 aromatic carbocycles. The number of carbonyl (C=O) groups excluding carboxylic acids is 1. The number of benzene rings is 1. The predicted octanol–water partition coefficient (Wildman–Crippen LogP) is 0.0687. The minimum Gasteiger partial charge on any atom is -0.507 e. The summed E-state index contributed by atoms with van der Waals surface area (Å²) < 4.78 is 5.68. The highest BCUT2D eigenvalue weighted by molar-refractivity contribution is 6.41. The van der Waals surface area contributed by atoms with Crippen LogP contribution >= 0.6 is 0 Å². The van der Waals surface area contributed by atoms with Crippen molar-refractivity contribution in [1.29, 1.82) is 0 Å². The van der Waals surface area contributed by atoms with Gasteiger partial charge in [-0.1, -0.05) is 26.8 Å². The summed E-state index contributed by atoms with van der Waals surface area (Å²) in [5.74, 6) is -2.02. The van der Waals surface area contributed by atoms with Crippen molar-refractivity contribution in [3.05, 3.63) is 23.3 Å². The van der Waals surface area contributed by atoms with Gasteiger partial charge in [0.1, 0.15) is 23.2 Å². The first-order valence-electron chi connectivity index (χ1n) is 9.07. The van der Waals surface area contributed by atoms with Gasteiger partial charge < -0.3 is 35.6 Å². The number of rotatable bonds is 7. The van der Waals surface area contributed by atoms with Crippen LogP contribution in [0.4, 0.5) is 0 Å². The minimum absolute atomic E-state index is 0.00415. The molecule has 2 rings (SSSR count). The van der Waals surface area contributed by atoms with E-state index in [1.54, 1.807) is 4.90 Å². The van der Waals surface area contributed by atoms with Crippen molar-refractivity contribution in [3.63, 3.8) is 0 Å². The molecule has 28 heavy (non-hydrogen) atoms. The molecule has 1 heterocycles. The van der Waals surface area contributed by atoms with E-state index in [0.29, 0.717) is 0 Å². The fraction of sp³-hybridized carbons (Fsp3) is 0.556. The number of carboxylic acid groups (broad SMARTS) is 1. The summed E-state index contributed by atoms with van der Waals surface area (Å²) in [6, 6.07) is 2.26. The van der Waals surface area contributed by atoms with Crippen LogP contribution in [0.2, 0.25) is 6.32 Å². The van der Waals surface area contributed by atoms with E-state index in [-0.39, 0.29) is 54.0 Å². The number of aromatic hydroxyl groups is 1. The first-order valence-corrected chi connectivity index (χ1v) is 9.07. The van der Waals surface area contributed by atoms with E-state index in [4.69, 9.17) is 20.5 Å². The van der Waals surface area contributed by atoms with Crippen LogP contribution in [0.3, 0.4) is 0 Å². The smallest absolute Gasteiger partial charge is 0.451 e. The topological polar surface area (TPSA) is 154 Å². The zero-order valence-electron chi connectivity index (χ0n) is 16.3. The van der Waals surface area contributed by atoms with E-state index >= 15 is 0 Å². The predicted molar refractivity (Wildman–Crippen MR) is 102 cm³/mol. The Labute approximate surface area is 163 Å². The summed E-state index contributed by atoms with van der Waals surface area (Å²) in [5.41, 5.74) is 5.49. The molecule has 0 saturated carbocycles. The van der Waals surface area contributed by atoms with Crippen molar-refractivity contribution in [2.24, 2.45) is 11.1 Å². The molecule has 1 aliphatic heterocycles.